The molecule has 1 amide bonds. The van der Waals surface area contributed by atoms with E-state index in [0.29, 0.717) is 13.2 Å². The van der Waals surface area contributed by atoms with Crippen molar-refractivity contribution < 1.29 is 14.6 Å². The molecular weight excluding hydrogens is 274 g/mol. The van der Waals surface area contributed by atoms with Gasteiger partial charge in [-0.15, -0.1) is 0 Å². The molecule has 1 aromatic rings. The van der Waals surface area contributed by atoms with E-state index in [1.54, 1.807) is 0 Å². The van der Waals surface area contributed by atoms with E-state index < -0.39 is 0 Å². The molecule has 1 heterocycles. The van der Waals surface area contributed by atoms with Gasteiger partial charge < -0.3 is 9.84 Å². The molecule has 0 bridgehead atoms. The molecule has 0 saturated carbocycles. The number of nitrogens with zero attached hydrogens (tertiary/aromatic N) is 1. The van der Waals surface area contributed by atoms with E-state index in [1.807, 2.05) is 24.3 Å². The van der Waals surface area contributed by atoms with Gasteiger partial charge >= 0.3 is 6.09 Å². The number of amides is 1. The summed E-state index contributed by atoms with van der Waals surface area (Å²) in [5.41, 5.74) is 0.784. The van der Waals surface area contributed by atoms with Gasteiger partial charge in [0.05, 0.1) is 13.2 Å². The minimum atomic E-state index is -0.355. The van der Waals surface area contributed by atoms with Crippen molar-refractivity contribution in [1.82, 2.24) is 0 Å². The number of rotatable bonds is 2. The lowest BCUT2D eigenvalue weighted by Crippen LogP contribution is -2.44. The van der Waals surface area contributed by atoms with E-state index in [1.165, 1.54) is 4.90 Å². The lowest BCUT2D eigenvalue weighted by atomic mass is 10.1. The van der Waals surface area contributed by atoms with Crippen LogP contribution in [0.5, 0.6) is 0 Å². The van der Waals surface area contributed by atoms with E-state index in [2.05, 4.69) is 15.9 Å². The average Bonchev–Trinajstić information content (AvgIpc) is 2.31. The molecule has 1 aliphatic rings. The maximum atomic E-state index is 11.6. The van der Waals surface area contributed by atoms with Crippen LogP contribution in [0.1, 0.15) is 0 Å². The Morgan fingerprint density at radius 1 is 1.44 bits per heavy atom. The SMILES string of the molecule is O=C1OCC(CO)CN1c1ccc(Br)cc1. The molecule has 86 valence electrons. The zero-order chi connectivity index (χ0) is 11.5. The summed E-state index contributed by atoms with van der Waals surface area (Å²) in [4.78, 5) is 13.1. The molecule has 5 heteroatoms. The molecular formula is C11H12BrNO3. The summed E-state index contributed by atoms with van der Waals surface area (Å²) >= 11 is 3.34. The first-order valence-corrected chi connectivity index (χ1v) is 5.80. The highest BCUT2D eigenvalue weighted by atomic mass is 79.9. The predicted molar refractivity (Wildman–Crippen MR) is 63.4 cm³/mol. The smallest absolute Gasteiger partial charge is 0.414 e. The van der Waals surface area contributed by atoms with E-state index in [-0.39, 0.29) is 18.6 Å². The van der Waals surface area contributed by atoms with Crippen molar-refractivity contribution in [3.63, 3.8) is 0 Å². The van der Waals surface area contributed by atoms with Crippen LogP contribution in [-0.2, 0) is 4.74 Å². The molecule has 0 aromatic heterocycles. The standard InChI is InChI=1S/C11H12BrNO3/c12-9-1-3-10(4-2-9)13-5-8(6-14)7-16-11(13)15/h1-4,8,14H,5-7H2. The summed E-state index contributed by atoms with van der Waals surface area (Å²) in [7, 11) is 0. The number of ether oxygens (including phenoxy) is 1. The fourth-order valence-electron chi connectivity index (χ4n) is 1.59. The number of carbonyl (C=O) groups is 1. The largest absolute Gasteiger partial charge is 0.449 e. The van der Waals surface area contributed by atoms with E-state index >= 15 is 0 Å². The van der Waals surface area contributed by atoms with Crippen molar-refractivity contribution >= 4 is 27.7 Å². The maximum Gasteiger partial charge on any atom is 0.414 e. The Balaban J connectivity index is 2.17. The van der Waals surface area contributed by atoms with Crippen LogP contribution >= 0.6 is 15.9 Å². The number of anilines is 1. The van der Waals surface area contributed by atoms with Gasteiger partial charge in [0.1, 0.15) is 0 Å². The number of hydrogen-bond donors (Lipinski definition) is 1. The Morgan fingerprint density at radius 2 is 2.12 bits per heavy atom. The second-order valence-electron chi connectivity index (χ2n) is 3.71. The summed E-state index contributed by atoms with van der Waals surface area (Å²) in [6.07, 6.45) is -0.355. The van der Waals surface area contributed by atoms with Crippen molar-refractivity contribution in [1.29, 1.82) is 0 Å². The van der Waals surface area contributed by atoms with Gasteiger partial charge in [0.25, 0.3) is 0 Å². The lowest BCUT2D eigenvalue weighted by Gasteiger charge is -2.31. The second kappa shape index (κ2) is 4.84. The minimum Gasteiger partial charge on any atom is -0.449 e. The normalized spacial score (nSPS) is 20.8. The Bertz CT molecular complexity index is 379. The van der Waals surface area contributed by atoms with Crippen molar-refractivity contribution in [2.24, 2.45) is 5.92 Å². The summed E-state index contributed by atoms with van der Waals surface area (Å²) < 4.78 is 5.95. The molecule has 1 unspecified atom stereocenters. The van der Waals surface area contributed by atoms with Crippen molar-refractivity contribution in [2.45, 2.75) is 0 Å². The quantitative estimate of drug-likeness (QED) is 0.904. The highest BCUT2D eigenvalue weighted by molar-refractivity contribution is 9.10. The fourth-order valence-corrected chi connectivity index (χ4v) is 1.86. The number of hydrogen-bond acceptors (Lipinski definition) is 3. The van der Waals surface area contributed by atoms with Crippen molar-refractivity contribution in [3.8, 4) is 0 Å². The highest BCUT2D eigenvalue weighted by Gasteiger charge is 2.27. The molecule has 1 N–H and O–H groups in total. The molecule has 0 spiro atoms. The van der Waals surface area contributed by atoms with Crippen LogP contribution in [0.3, 0.4) is 0 Å². The van der Waals surface area contributed by atoms with Crippen molar-refractivity contribution in [3.05, 3.63) is 28.7 Å². The van der Waals surface area contributed by atoms with E-state index in [9.17, 15) is 4.79 Å². The van der Waals surface area contributed by atoms with Gasteiger partial charge in [-0.25, -0.2) is 4.79 Å². The van der Waals surface area contributed by atoms with Gasteiger partial charge in [0, 0.05) is 22.6 Å². The van der Waals surface area contributed by atoms with Crippen LogP contribution in [-0.4, -0.2) is 31.0 Å². The maximum absolute atomic E-state index is 11.6. The Kier molecular flexibility index (Phi) is 3.46. The number of benzene rings is 1. The third kappa shape index (κ3) is 2.36. The summed E-state index contributed by atoms with van der Waals surface area (Å²) in [6, 6.07) is 7.41. The Morgan fingerprint density at radius 3 is 2.75 bits per heavy atom. The third-order valence-electron chi connectivity index (χ3n) is 2.50. The zero-order valence-corrected chi connectivity index (χ0v) is 10.2. The fraction of sp³-hybridized carbons (Fsp3) is 0.364. The number of aliphatic hydroxyl groups excluding tert-OH is 1. The van der Waals surface area contributed by atoms with Crippen LogP contribution in [0.25, 0.3) is 0 Å². The van der Waals surface area contributed by atoms with Crippen LogP contribution in [0.2, 0.25) is 0 Å². The predicted octanol–water partition coefficient (Wildman–Crippen LogP) is 2.01. The number of carbonyl (C=O) groups excluding carboxylic acids is 1. The summed E-state index contributed by atoms with van der Waals surface area (Å²) in [5, 5.41) is 9.06. The molecule has 1 saturated heterocycles. The van der Waals surface area contributed by atoms with Gasteiger partial charge in [0.15, 0.2) is 0 Å². The first-order chi connectivity index (χ1) is 7.70. The first kappa shape index (κ1) is 11.4. The topological polar surface area (TPSA) is 49.8 Å². The molecule has 0 radical (unpaired) electrons. The molecule has 4 nitrogen and oxygen atoms in total. The lowest BCUT2D eigenvalue weighted by molar-refractivity contribution is 0.0900. The Labute approximate surface area is 102 Å². The minimum absolute atomic E-state index is 0.0126. The number of cyclic esters (lactones) is 1. The van der Waals surface area contributed by atoms with E-state index in [4.69, 9.17) is 9.84 Å². The highest BCUT2D eigenvalue weighted by Crippen LogP contribution is 2.22. The van der Waals surface area contributed by atoms with Crippen LogP contribution in [0.15, 0.2) is 28.7 Å². The monoisotopic (exact) mass is 285 g/mol. The van der Waals surface area contributed by atoms with Gasteiger partial charge in [-0.1, -0.05) is 15.9 Å². The zero-order valence-electron chi connectivity index (χ0n) is 8.60. The van der Waals surface area contributed by atoms with Crippen LogP contribution < -0.4 is 4.90 Å². The first-order valence-electron chi connectivity index (χ1n) is 5.01. The molecule has 0 aliphatic carbocycles. The molecule has 16 heavy (non-hydrogen) atoms. The van der Waals surface area contributed by atoms with Crippen LogP contribution in [0, 0.1) is 5.92 Å². The van der Waals surface area contributed by atoms with Crippen molar-refractivity contribution in [2.75, 3.05) is 24.7 Å². The molecule has 1 aliphatic heterocycles. The van der Waals surface area contributed by atoms with Gasteiger partial charge in [0.2, 0.25) is 0 Å². The van der Waals surface area contributed by atoms with E-state index in [0.717, 1.165) is 10.2 Å². The van der Waals surface area contributed by atoms with Gasteiger partial charge in [-0.2, -0.15) is 0 Å². The molecule has 1 atom stereocenters. The number of aliphatic hydroxyl groups is 1. The third-order valence-corrected chi connectivity index (χ3v) is 3.03. The molecule has 1 fully saturated rings. The van der Waals surface area contributed by atoms with Gasteiger partial charge in [-0.3, -0.25) is 4.90 Å². The summed E-state index contributed by atoms with van der Waals surface area (Å²) in [6.45, 7) is 0.819. The molecule has 1 aromatic carbocycles. The number of halogens is 1. The average molecular weight is 286 g/mol. The molecule has 2 rings (SSSR count). The van der Waals surface area contributed by atoms with Gasteiger partial charge in [-0.05, 0) is 24.3 Å². The second-order valence-corrected chi connectivity index (χ2v) is 4.63. The Hall–Kier alpha value is -1.07. The summed E-state index contributed by atoms with van der Waals surface area (Å²) in [5.74, 6) is -0.0126. The van der Waals surface area contributed by atoms with Crippen LogP contribution in [0.4, 0.5) is 10.5 Å².